The molecule has 0 saturated carbocycles. The summed E-state index contributed by atoms with van der Waals surface area (Å²) in [6.07, 6.45) is 1.40. The average Bonchev–Trinajstić information content (AvgIpc) is 2.05. The van der Waals surface area contributed by atoms with Gasteiger partial charge in [0.15, 0.2) is 5.03 Å². The molecule has 1 heterocycles. The van der Waals surface area contributed by atoms with Crippen LogP contribution in [0.4, 0.5) is 0 Å². The molecule has 0 saturated heterocycles. The summed E-state index contributed by atoms with van der Waals surface area (Å²) < 4.78 is 22.3. The molecule has 0 unspecified atom stereocenters. The largest absolute Gasteiger partial charge is 0.242 e. The number of aryl methyl sites for hydroxylation is 1. The molecule has 0 N–H and O–H groups in total. The van der Waals surface area contributed by atoms with Crippen molar-refractivity contribution in [3.63, 3.8) is 0 Å². The van der Waals surface area contributed by atoms with Gasteiger partial charge in [-0.15, -0.1) is 0 Å². The second-order valence-corrected chi connectivity index (χ2v) is 4.00. The summed E-state index contributed by atoms with van der Waals surface area (Å²) in [5.74, 6) is 0.429. The summed E-state index contributed by atoms with van der Waals surface area (Å²) in [7, 11) is -3.41. The van der Waals surface area contributed by atoms with Crippen molar-refractivity contribution in [2.24, 2.45) is 0 Å². The van der Waals surface area contributed by atoms with Gasteiger partial charge in [-0.2, -0.15) is 0 Å². The fourth-order valence-electron chi connectivity index (χ4n) is 0.678. The van der Waals surface area contributed by atoms with Crippen LogP contribution >= 0.6 is 0 Å². The predicted molar refractivity (Wildman–Crippen MR) is 44.2 cm³/mol. The highest BCUT2D eigenvalue weighted by atomic mass is 32.2. The van der Waals surface area contributed by atoms with Crippen LogP contribution in [0.2, 0.25) is 0 Å². The summed E-state index contributed by atoms with van der Waals surface area (Å²) in [5.41, 5.74) is 0. The van der Waals surface area contributed by atoms with E-state index in [2.05, 4.69) is 16.5 Å². The third kappa shape index (κ3) is 1.68. The molecule has 12 heavy (non-hydrogen) atoms. The van der Waals surface area contributed by atoms with Crippen LogP contribution in [0.1, 0.15) is 5.82 Å². The summed E-state index contributed by atoms with van der Waals surface area (Å²) in [6, 6.07) is 1.34. The molecule has 0 aliphatic carbocycles. The normalized spacial score (nSPS) is 11.1. The highest BCUT2D eigenvalue weighted by molar-refractivity contribution is 7.94. The minimum absolute atomic E-state index is 0.00926. The Morgan fingerprint density at radius 1 is 1.58 bits per heavy atom. The molecule has 0 aromatic carbocycles. The minimum Gasteiger partial charge on any atom is -0.242 e. The van der Waals surface area contributed by atoms with Crippen LogP contribution in [0.15, 0.2) is 29.3 Å². The van der Waals surface area contributed by atoms with Gasteiger partial charge in [0.05, 0.1) is 0 Å². The molecular weight excluding hydrogens is 176 g/mol. The molecule has 4 nitrogen and oxygen atoms in total. The first-order valence-corrected chi connectivity index (χ1v) is 4.78. The molecular formula is C7H8N2O2S. The Morgan fingerprint density at radius 3 is 2.75 bits per heavy atom. The SMILES string of the molecule is C=CS(=O)(=O)c1ccnc(C)n1. The first kappa shape index (κ1) is 8.86. The Morgan fingerprint density at radius 2 is 2.25 bits per heavy atom. The second kappa shape index (κ2) is 3.02. The zero-order valence-electron chi connectivity index (χ0n) is 6.56. The van der Waals surface area contributed by atoms with Crippen LogP contribution in [0.25, 0.3) is 0 Å². The van der Waals surface area contributed by atoms with E-state index in [1.807, 2.05) is 0 Å². The molecule has 0 atom stereocenters. The van der Waals surface area contributed by atoms with Gasteiger partial charge in [0.25, 0.3) is 0 Å². The van der Waals surface area contributed by atoms with Crippen molar-refractivity contribution in [1.82, 2.24) is 9.97 Å². The third-order valence-electron chi connectivity index (χ3n) is 1.26. The lowest BCUT2D eigenvalue weighted by molar-refractivity contribution is 0.600. The van der Waals surface area contributed by atoms with Crippen LogP contribution in [-0.2, 0) is 9.84 Å². The van der Waals surface area contributed by atoms with Crippen LogP contribution < -0.4 is 0 Å². The van der Waals surface area contributed by atoms with Crippen LogP contribution in [-0.4, -0.2) is 18.4 Å². The molecule has 0 radical (unpaired) electrons. The van der Waals surface area contributed by atoms with Crippen LogP contribution in [0, 0.1) is 6.92 Å². The minimum atomic E-state index is -3.41. The summed E-state index contributed by atoms with van der Waals surface area (Å²) >= 11 is 0. The van der Waals surface area contributed by atoms with Crippen molar-refractivity contribution in [2.45, 2.75) is 11.9 Å². The summed E-state index contributed by atoms with van der Waals surface area (Å²) in [5, 5.41) is 0.861. The topological polar surface area (TPSA) is 59.9 Å². The Balaban J connectivity index is 3.30. The summed E-state index contributed by atoms with van der Waals surface area (Å²) in [4.78, 5) is 7.52. The zero-order chi connectivity index (χ0) is 9.19. The fourth-order valence-corrected chi connectivity index (χ4v) is 1.36. The van der Waals surface area contributed by atoms with Gasteiger partial charge in [-0.1, -0.05) is 6.58 Å². The van der Waals surface area contributed by atoms with E-state index in [0.29, 0.717) is 5.82 Å². The molecule has 0 amide bonds. The number of sulfone groups is 1. The van der Waals surface area contributed by atoms with E-state index in [4.69, 9.17) is 0 Å². The highest BCUT2D eigenvalue weighted by Gasteiger charge is 2.10. The van der Waals surface area contributed by atoms with Gasteiger partial charge in [-0.3, -0.25) is 0 Å². The number of hydrogen-bond acceptors (Lipinski definition) is 4. The Labute approximate surface area is 70.9 Å². The van der Waals surface area contributed by atoms with Gasteiger partial charge < -0.3 is 0 Å². The number of nitrogens with zero attached hydrogens (tertiary/aromatic N) is 2. The molecule has 0 fully saturated rings. The first-order valence-electron chi connectivity index (χ1n) is 3.23. The average molecular weight is 184 g/mol. The van der Waals surface area contributed by atoms with E-state index in [-0.39, 0.29) is 5.03 Å². The maximum absolute atomic E-state index is 11.1. The Hall–Kier alpha value is -1.23. The molecule has 0 bridgehead atoms. The predicted octanol–water partition coefficient (Wildman–Crippen LogP) is 0.702. The lowest BCUT2D eigenvalue weighted by atomic mass is 10.6. The second-order valence-electron chi connectivity index (χ2n) is 2.15. The molecule has 1 rings (SSSR count). The van der Waals surface area contributed by atoms with Crippen molar-refractivity contribution in [3.05, 3.63) is 30.1 Å². The molecule has 1 aromatic heterocycles. The van der Waals surface area contributed by atoms with Crippen molar-refractivity contribution in [3.8, 4) is 0 Å². The molecule has 5 heteroatoms. The maximum atomic E-state index is 11.1. The van der Waals surface area contributed by atoms with E-state index in [1.54, 1.807) is 6.92 Å². The number of hydrogen-bond donors (Lipinski definition) is 0. The van der Waals surface area contributed by atoms with E-state index in [1.165, 1.54) is 12.3 Å². The van der Waals surface area contributed by atoms with Crippen molar-refractivity contribution in [2.75, 3.05) is 0 Å². The van der Waals surface area contributed by atoms with Gasteiger partial charge >= 0.3 is 0 Å². The lowest BCUT2D eigenvalue weighted by Crippen LogP contribution is -2.01. The Bertz CT molecular complexity index is 398. The van der Waals surface area contributed by atoms with Crippen molar-refractivity contribution >= 4 is 9.84 Å². The molecule has 0 aliphatic rings. The molecule has 64 valence electrons. The monoisotopic (exact) mass is 184 g/mol. The van der Waals surface area contributed by atoms with E-state index >= 15 is 0 Å². The smallest absolute Gasteiger partial charge is 0.216 e. The van der Waals surface area contributed by atoms with Gasteiger partial charge in [0.1, 0.15) is 5.82 Å². The quantitative estimate of drug-likeness (QED) is 0.635. The lowest BCUT2D eigenvalue weighted by Gasteiger charge is -1.96. The van der Waals surface area contributed by atoms with Gasteiger partial charge in [0, 0.05) is 11.6 Å². The number of aromatic nitrogens is 2. The van der Waals surface area contributed by atoms with Crippen LogP contribution in [0.5, 0.6) is 0 Å². The van der Waals surface area contributed by atoms with E-state index in [0.717, 1.165) is 5.41 Å². The Kier molecular flexibility index (Phi) is 2.23. The van der Waals surface area contributed by atoms with E-state index in [9.17, 15) is 8.42 Å². The van der Waals surface area contributed by atoms with Gasteiger partial charge in [-0.25, -0.2) is 18.4 Å². The zero-order valence-corrected chi connectivity index (χ0v) is 7.37. The van der Waals surface area contributed by atoms with Gasteiger partial charge in [0.2, 0.25) is 9.84 Å². The summed E-state index contributed by atoms with van der Waals surface area (Å²) in [6.45, 7) is 4.82. The third-order valence-corrected chi connectivity index (χ3v) is 2.51. The standard InChI is InChI=1S/C7H8N2O2S/c1-3-12(10,11)7-4-5-8-6(2)9-7/h3-5H,1H2,2H3. The van der Waals surface area contributed by atoms with E-state index < -0.39 is 9.84 Å². The van der Waals surface area contributed by atoms with Crippen molar-refractivity contribution in [1.29, 1.82) is 0 Å². The molecule has 1 aromatic rings. The first-order chi connectivity index (χ1) is 5.56. The molecule has 0 aliphatic heterocycles. The van der Waals surface area contributed by atoms with Gasteiger partial charge in [-0.05, 0) is 13.0 Å². The fraction of sp³-hybridized carbons (Fsp3) is 0.143. The van der Waals surface area contributed by atoms with Crippen LogP contribution in [0.3, 0.4) is 0 Å². The molecule has 0 spiro atoms. The highest BCUT2D eigenvalue weighted by Crippen LogP contribution is 2.06. The maximum Gasteiger partial charge on any atom is 0.216 e. The number of rotatable bonds is 2. The van der Waals surface area contributed by atoms with Crippen molar-refractivity contribution < 1.29 is 8.42 Å².